The third-order valence-corrected chi connectivity index (χ3v) is 2.61. The zero-order chi connectivity index (χ0) is 15.1. The lowest BCUT2D eigenvalue weighted by Crippen LogP contribution is -2.55. The minimum Gasteiger partial charge on any atom is -0.465 e. The van der Waals surface area contributed by atoms with E-state index in [4.69, 9.17) is 17.0 Å². The first kappa shape index (κ1) is 17.6. The lowest BCUT2D eigenvalue weighted by molar-refractivity contribution is -0.141. The van der Waals surface area contributed by atoms with Gasteiger partial charge < -0.3 is 20.7 Å². The van der Waals surface area contributed by atoms with Crippen molar-refractivity contribution in [2.24, 2.45) is 5.41 Å². The van der Waals surface area contributed by atoms with E-state index in [9.17, 15) is 9.59 Å². The van der Waals surface area contributed by atoms with E-state index in [0.717, 1.165) is 0 Å². The van der Waals surface area contributed by atoms with Crippen molar-refractivity contribution in [1.82, 2.24) is 16.0 Å². The predicted octanol–water partition coefficient (Wildman–Crippen LogP) is 0.174. The number of esters is 1. The Labute approximate surface area is 119 Å². The molecule has 0 radical (unpaired) electrons. The molecule has 0 bridgehead atoms. The molecule has 0 aromatic rings. The molecule has 0 aliphatic carbocycles. The highest BCUT2D eigenvalue weighted by Gasteiger charge is 2.31. The summed E-state index contributed by atoms with van der Waals surface area (Å²) >= 11 is 5.06. The quantitative estimate of drug-likeness (QED) is 0.495. The van der Waals surface area contributed by atoms with Crippen molar-refractivity contribution < 1.29 is 14.3 Å². The van der Waals surface area contributed by atoms with Crippen LogP contribution in [0.1, 0.15) is 27.7 Å². The highest BCUT2D eigenvalue weighted by atomic mass is 32.1. The van der Waals surface area contributed by atoms with E-state index in [1.165, 1.54) is 0 Å². The molecule has 0 saturated carbocycles. The Morgan fingerprint density at radius 2 is 1.89 bits per heavy atom. The number of hydrogen-bond acceptors (Lipinski definition) is 4. The van der Waals surface area contributed by atoms with Crippen LogP contribution in [0.2, 0.25) is 0 Å². The van der Waals surface area contributed by atoms with Gasteiger partial charge in [0.25, 0.3) is 0 Å². The molecule has 110 valence electrons. The summed E-state index contributed by atoms with van der Waals surface area (Å²) in [4.78, 5) is 23.0. The molecule has 6 nitrogen and oxygen atoms in total. The lowest BCUT2D eigenvalue weighted by atomic mass is 9.86. The minimum absolute atomic E-state index is 0.0235. The maximum absolute atomic E-state index is 11.8. The average Bonchev–Trinajstić information content (AvgIpc) is 2.31. The van der Waals surface area contributed by atoms with E-state index >= 15 is 0 Å². The Balaban J connectivity index is 4.41. The Morgan fingerprint density at radius 3 is 2.32 bits per heavy atom. The van der Waals surface area contributed by atoms with Gasteiger partial charge in [-0.15, -0.1) is 0 Å². The molecule has 1 atom stereocenters. The van der Waals surface area contributed by atoms with Gasteiger partial charge >= 0.3 is 5.97 Å². The predicted molar refractivity (Wildman–Crippen MR) is 77.7 cm³/mol. The Kier molecular flexibility index (Phi) is 7.36. The van der Waals surface area contributed by atoms with E-state index < -0.39 is 6.04 Å². The zero-order valence-corrected chi connectivity index (χ0v) is 12.9. The van der Waals surface area contributed by atoms with Gasteiger partial charge in [-0.3, -0.25) is 9.59 Å². The lowest BCUT2D eigenvalue weighted by Gasteiger charge is -2.30. The molecule has 1 amide bonds. The highest BCUT2D eigenvalue weighted by molar-refractivity contribution is 7.80. The zero-order valence-electron chi connectivity index (χ0n) is 12.1. The van der Waals surface area contributed by atoms with Crippen LogP contribution in [0.15, 0.2) is 0 Å². The number of hydrogen-bond donors (Lipinski definition) is 3. The Bertz CT molecular complexity index is 340. The maximum atomic E-state index is 11.8. The van der Waals surface area contributed by atoms with Crippen molar-refractivity contribution in [1.29, 1.82) is 0 Å². The van der Waals surface area contributed by atoms with Crippen molar-refractivity contribution in [2.75, 3.05) is 20.2 Å². The molecule has 19 heavy (non-hydrogen) atoms. The minimum atomic E-state index is -0.486. The summed E-state index contributed by atoms with van der Waals surface area (Å²) in [6, 6.07) is -0.486. The van der Waals surface area contributed by atoms with Crippen LogP contribution < -0.4 is 16.0 Å². The first-order valence-corrected chi connectivity index (χ1v) is 6.54. The number of nitrogens with one attached hydrogen (secondary N) is 3. The smallest absolute Gasteiger partial charge is 0.325 e. The molecule has 0 unspecified atom stereocenters. The van der Waals surface area contributed by atoms with Crippen LogP contribution >= 0.6 is 12.2 Å². The highest BCUT2D eigenvalue weighted by Crippen LogP contribution is 2.19. The van der Waals surface area contributed by atoms with Crippen molar-refractivity contribution in [2.45, 2.75) is 33.7 Å². The molecular formula is C12H23N3O3S. The third-order valence-electron chi connectivity index (χ3n) is 2.35. The summed E-state index contributed by atoms with van der Waals surface area (Å²) in [7, 11) is 1.57. The van der Waals surface area contributed by atoms with E-state index in [0.29, 0.717) is 6.61 Å². The molecule has 0 aliphatic heterocycles. The molecule has 0 aromatic carbocycles. The summed E-state index contributed by atoms with van der Waals surface area (Å²) < 4.78 is 4.77. The first-order valence-electron chi connectivity index (χ1n) is 6.14. The fourth-order valence-corrected chi connectivity index (χ4v) is 1.56. The normalized spacial score (nSPS) is 12.3. The van der Waals surface area contributed by atoms with Crippen LogP contribution in [0.25, 0.3) is 0 Å². The molecule has 0 aromatic heterocycles. The second-order valence-corrected chi connectivity index (χ2v) is 5.45. The van der Waals surface area contributed by atoms with Crippen molar-refractivity contribution in [3.63, 3.8) is 0 Å². The number of likely N-dealkylation sites (N-methyl/N-ethyl adjacent to an activating group) is 1. The summed E-state index contributed by atoms with van der Waals surface area (Å²) in [5.74, 6) is -0.549. The van der Waals surface area contributed by atoms with E-state index in [-0.39, 0.29) is 28.9 Å². The van der Waals surface area contributed by atoms with Gasteiger partial charge in [0.05, 0.1) is 6.61 Å². The summed E-state index contributed by atoms with van der Waals surface area (Å²) in [6.45, 7) is 7.80. The molecule has 3 N–H and O–H groups in total. The van der Waals surface area contributed by atoms with Crippen LogP contribution in [-0.2, 0) is 14.3 Å². The van der Waals surface area contributed by atoms with Crippen molar-refractivity contribution in [3.8, 4) is 0 Å². The molecule has 0 rings (SSSR count). The van der Waals surface area contributed by atoms with Gasteiger partial charge in [0.15, 0.2) is 5.11 Å². The Hall–Kier alpha value is -1.37. The second kappa shape index (κ2) is 7.93. The fourth-order valence-electron chi connectivity index (χ4n) is 1.37. The van der Waals surface area contributed by atoms with Crippen molar-refractivity contribution in [3.05, 3.63) is 0 Å². The number of ether oxygens (including phenoxy) is 1. The van der Waals surface area contributed by atoms with Gasteiger partial charge in [-0.2, -0.15) is 0 Å². The second-order valence-electron chi connectivity index (χ2n) is 5.05. The van der Waals surface area contributed by atoms with E-state index in [2.05, 4.69) is 16.0 Å². The summed E-state index contributed by atoms with van der Waals surface area (Å²) in [6.07, 6.45) is 0. The van der Waals surface area contributed by atoms with Crippen LogP contribution in [0.5, 0.6) is 0 Å². The van der Waals surface area contributed by atoms with Crippen LogP contribution in [0.3, 0.4) is 0 Å². The largest absolute Gasteiger partial charge is 0.465 e. The van der Waals surface area contributed by atoms with Gasteiger partial charge in [-0.05, 0) is 24.6 Å². The molecule has 0 spiro atoms. The van der Waals surface area contributed by atoms with Gasteiger partial charge in [0.2, 0.25) is 5.91 Å². The molecule has 0 aliphatic rings. The topological polar surface area (TPSA) is 79.5 Å². The standard InChI is InChI=1S/C12H23N3O3S/c1-6-18-8(16)7-14-11(19)15-9(10(17)13-5)12(2,3)4/h9H,6-7H2,1-5H3,(H,13,17)(H2,14,15,19)/t9-/m1/s1. The number of carbonyl (C=O) groups is 2. The molecule has 0 saturated heterocycles. The van der Waals surface area contributed by atoms with Gasteiger partial charge in [0, 0.05) is 7.05 Å². The maximum Gasteiger partial charge on any atom is 0.325 e. The Morgan fingerprint density at radius 1 is 1.32 bits per heavy atom. The van der Waals surface area contributed by atoms with E-state index in [1.54, 1.807) is 14.0 Å². The van der Waals surface area contributed by atoms with E-state index in [1.807, 2.05) is 20.8 Å². The van der Waals surface area contributed by atoms with Gasteiger partial charge in [-0.1, -0.05) is 20.8 Å². The van der Waals surface area contributed by atoms with Crippen LogP contribution in [0.4, 0.5) is 0 Å². The third kappa shape index (κ3) is 6.95. The monoisotopic (exact) mass is 289 g/mol. The van der Waals surface area contributed by atoms with Crippen molar-refractivity contribution >= 4 is 29.2 Å². The number of rotatable bonds is 5. The molecule has 0 fully saturated rings. The van der Waals surface area contributed by atoms with Gasteiger partial charge in [0.1, 0.15) is 12.6 Å². The number of amides is 1. The van der Waals surface area contributed by atoms with Gasteiger partial charge in [-0.25, -0.2) is 0 Å². The summed E-state index contributed by atoms with van der Waals surface area (Å²) in [5.41, 5.74) is -0.310. The SMILES string of the molecule is CCOC(=O)CNC(=S)N[C@H](C(=O)NC)C(C)(C)C. The fraction of sp³-hybridized carbons (Fsp3) is 0.750. The number of carbonyl (C=O) groups excluding carboxylic acids is 2. The first-order chi connectivity index (χ1) is 8.72. The summed E-state index contributed by atoms with van der Waals surface area (Å²) in [5, 5.41) is 8.45. The molecular weight excluding hydrogens is 266 g/mol. The molecule has 0 heterocycles. The molecule has 7 heteroatoms. The van der Waals surface area contributed by atoms with Crippen LogP contribution in [0, 0.1) is 5.41 Å². The van der Waals surface area contributed by atoms with Crippen LogP contribution in [-0.4, -0.2) is 43.2 Å². The number of thiocarbonyl (C=S) groups is 1. The average molecular weight is 289 g/mol.